The molecule has 0 spiro atoms. The van der Waals surface area contributed by atoms with Crippen molar-refractivity contribution in [3.05, 3.63) is 144 Å². The summed E-state index contributed by atoms with van der Waals surface area (Å²) in [4.78, 5) is 9.22. The molecule has 0 saturated carbocycles. The minimum atomic E-state index is -1.20. The highest BCUT2D eigenvalue weighted by molar-refractivity contribution is 7.92. The Morgan fingerprint density at radius 1 is 0.594 bits per heavy atom. The van der Waals surface area contributed by atoms with Crippen LogP contribution >= 0.6 is 0 Å². The summed E-state index contributed by atoms with van der Waals surface area (Å²) in [6, 6.07) is 40.7. The number of rotatable bonds is 6. The molecule has 1 amide bonds. The van der Waals surface area contributed by atoms with Crippen LogP contribution in [-0.2, 0) is 16.0 Å². The molecule has 0 aliphatic carbocycles. The average molecular weight is 442 g/mol. The molecule has 4 aromatic carbocycles. The van der Waals surface area contributed by atoms with Crippen LogP contribution in [0.4, 0.5) is 0 Å². The number of carbonyl (C=O) groups is 1. The predicted octanol–water partition coefficient (Wildman–Crippen LogP) is 5.81. The van der Waals surface area contributed by atoms with Crippen LogP contribution in [-0.4, -0.2) is 10.5 Å². The lowest BCUT2D eigenvalue weighted by atomic mass is 10.0. The van der Waals surface area contributed by atoms with Gasteiger partial charge in [0.05, 0.1) is 0 Å². The molecule has 0 aliphatic rings. The van der Waals surface area contributed by atoms with Crippen LogP contribution in [0.3, 0.4) is 0 Å². The van der Waals surface area contributed by atoms with E-state index < -0.39 is 11.2 Å². The first-order valence-corrected chi connectivity index (χ1v) is 11.7. The first-order valence-electron chi connectivity index (χ1n) is 10.4. The van der Waals surface area contributed by atoms with Crippen LogP contribution in [0.2, 0.25) is 0 Å². The molecule has 0 unspecified atom stereocenters. The zero-order chi connectivity index (χ0) is 22.8. The molecule has 0 fully saturated rings. The average Bonchev–Trinajstić information content (AvgIpc) is 2.82. The van der Waals surface area contributed by atoms with Crippen LogP contribution in [0, 0.1) is 0 Å². The summed E-state index contributed by atoms with van der Waals surface area (Å²) in [5.74, 6) is -0.333. The molecular weight excluding hydrogens is 414 g/mol. The molecule has 162 valence electrons. The van der Waals surface area contributed by atoms with E-state index in [1.165, 1.54) is 6.92 Å². The summed E-state index contributed by atoms with van der Waals surface area (Å²) >= 11 is -1.20. The lowest BCUT2D eigenvalue weighted by Crippen LogP contribution is -2.23. The molecule has 0 radical (unpaired) electrons. The van der Waals surface area contributed by atoms with Crippen LogP contribution in [0.15, 0.2) is 121 Å². The largest absolute Gasteiger partial charge is 0.615 e. The van der Waals surface area contributed by atoms with Gasteiger partial charge in [-0.15, -0.1) is 0 Å². The van der Waals surface area contributed by atoms with E-state index in [4.69, 9.17) is 0 Å². The fourth-order valence-corrected chi connectivity index (χ4v) is 5.54. The molecule has 32 heavy (non-hydrogen) atoms. The molecule has 4 rings (SSSR count). The number of nitrogens with two attached hydrogens (primary N) is 1. The quantitative estimate of drug-likeness (QED) is 0.384. The van der Waals surface area contributed by atoms with Gasteiger partial charge in [0.1, 0.15) is 0 Å². The summed E-state index contributed by atoms with van der Waals surface area (Å²) in [6.07, 6.45) is 0. The Morgan fingerprint density at radius 3 is 0.969 bits per heavy atom. The van der Waals surface area contributed by atoms with Crippen molar-refractivity contribution >= 4 is 17.1 Å². The van der Waals surface area contributed by atoms with Crippen molar-refractivity contribution in [1.82, 2.24) is 0 Å². The second-order valence-corrected chi connectivity index (χ2v) is 8.94. The number of primary amides is 1. The maximum absolute atomic E-state index is 14.2. The van der Waals surface area contributed by atoms with Crippen molar-refractivity contribution in [2.45, 2.75) is 17.4 Å². The number of hydrogen-bond acceptors (Lipinski definition) is 2. The lowest BCUT2D eigenvalue weighted by molar-refractivity contribution is -0.115. The van der Waals surface area contributed by atoms with E-state index in [2.05, 4.69) is 54.3 Å². The number of amides is 1. The van der Waals surface area contributed by atoms with Gasteiger partial charge >= 0.3 is 0 Å². The maximum Gasteiger partial charge on any atom is 0.214 e. The minimum Gasteiger partial charge on any atom is -0.615 e. The first kappa shape index (κ1) is 23.3. The summed E-state index contributed by atoms with van der Waals surface area (Å²) in [7, 11) is 0. The normalized spacial score (nSPS) is 10.7. The highest BCUT2D eigenvalue weighted by atomic mass is 32.2. The van der Waals surface area contributed by atoms with Crippen LogP contribution in [0.25, 0.3) is 0 Å². The molecule has 0 atom stereocenters. The zero-order valence-electron chi connectivity index (χ0n) is 18.0. The molecule has 3 nitrogen and oxygen atoms in total. The van der Waals surface area contributed by atoms with E-state index in [1.807, 2.05) is 72.8 Å². The molecule has 0 bridgehead atoms. The monoisotopic (exact) mass is 441 g/mol. The van der Waals surface area contributed by atoms with Crippen LogP contribution < -0.4 is 5.73 Å². The van der Waals surface area contributed by atoms with Gasteiger partial charge < -0.3 is 10.3 Å². The predicted molar refractivity (Wildman–Crippen MR) is 132 cm³/mol. The van der Waals surface area contributed by atoms with Crippen molar-refractivity contribution in [1.29, 1.82) is 0 Å². The Hall–Kier alpha value is -3.34. The third-order valence-electron chi connectivity index (χ3n) is 4.87. The van der Waals surface area contributed by atoms with E-state index in [0.29, 0.717) is 0 Å². The van der Waals surface area contributed by atoms with Crippen molar-refractivity contribution in [3.8, 4) is 0 Å². The van der Waals surface area contributed by atoms with Crippen molar-refractivity contribution in [3.63, 3.8) is 0 Å². The Bertz CT molecular complexity index is 907. The second-order valence-electron chi connectivity index (χ2n) is 7.34. The molecular formula is C28H27NO2S. The highest BCUT2D eigenvalue weighted by Crippen LogP contribution is 2.41. The van der Waals surface area contributed by atoms with E-state index in [-0.39, 0.29) is 16.4 Å². The Kier molecular flexibility index (Phi) is 8.67. The number of hydrogen-bond donors (Lipinski definition) is 1. The Labute approximate surface area is 193 Å². The third-order valence-corrected chi connectivity index (χ3v) is 6.89. The molecule has 4 aromatic rings. The molecule has 4 heteroatoms. The van der Waals surface area contributed by atoms with Gasteiger partial charge in [0.15, 0.2) is 10.5 Å². The molecule has 0 aliphatic heterocycles. The van der Waals surface area contributed by atoms with Crippen LogP contribution in [0.1, 0.15) is 39.7 Å². The van der Waals surface area contributed by atoms with E-state index in [9.17, 15) is 9.35 Å². The summed E-state index contributed by atoms with van der Waals surface area (Å²) in [5, 5.41) is -0.402. The molecule has 0 saturated heterocycles. The van der Waals surface area contributed by atoms with Gasteiger partial charge in [0, 0.05) is 29.2 Å². The topological polar surface area (TPSA) is 66.2 Å². The number of carbonyl (C=O) groups excluding carboxylic acids is 1. The van der Waals surface area contributed by atoms with Gasteiger partial charge in [-0.1, -0.05) is 121 Å². The van der Waals surface area contributed by atoms with Crippen molar-refractivity contribution < 1.29 is 9.35 Å². The first-order chi connectivity index (χ1) is 15.6. The van der Waals surface area contributed by atoms with Gasteiger partial charge in [-0.3, -0.25) is 4.79 Å². The second kappa shape index (κ2) is 11.9. The Morgan fingerprint density at radius 2 is 0.781 bits per heavy atom. The standard InChI is InChI=1S/C26H22OS.C2H5NO/c27-28(25(21-13-5-1-6-14-21)22-15-7-2-8-16-22)26(23-17-9-3-10-18-23)24-19-11-4-12-20-24;1-2(3)4/h1-20,25-26H;1H3,(H2,3,4). The molecule has 0 aromatic heterocycles. The fraction of sp³-hybridized carbons (Fsp3) is 0.107. The number of benzene rings is 4. The smallest absolute Gasteiger partial charge is 0.214 e. The summed E-state index contributed by atoms with van der Waals surface area (Å²) in [5.41, 5.74) is 8.76. The Balaban J connectivity index is 0.000000668. The zero-order valence-corrected chi connectivity index (χ0v) is 18.8. The molecule has 0 heterocycles. The maximum atomic E-state index is 14.2. The van der Waals surface area contributed by atoms with E-state index in [0.717, 1.165) is 22.3 Å². The van der Waals surface area contributed by atoms with Crippen LogP contribution in [0.5, 0.6) is 0 Å². The minimum absolute atomic E-state index is 0.201. The molecule has 2 N–H and O–H groups in total. The SMILES string of the molecule is CC(N)=O.[O-][S+](C(c1ccccc1)c1ccccc1)C(c1ccccc1)c1ccccc1. The lowest BCUT2D eigenvalue weighted by Gasteiger charge is -2.29. The van der Waals surface area contributed by atoms with Crippen molar-refractivity contribution in [2.75, 3.05) is 0 Å². The highest BCUT2D eigenvalue weighted by Gasteiger charge is 2.35. The van der Waals surface area contributed by atoms with Crippen molar-refractivity contribution in [2.24, 2.45) is 5.73 Å². The van der Waals surface area contributed by atoms with Gasteiger partial charge in [0.25, 0.3) is 0 Å². The summed E-state index contributed by atoms with van der Waals surface area (Å²) in [6.45, 7) is 1.31. The van der Waals surface area contributed by atoms with E-state index >= 15 is 0 Å². The third kappa shape index (κ3) is 6.33. The summed E-state index contributed by atoms with van der Waals surface area (Å²) < 4.78 is 14.2. The van der Waals surface area contributed by atoms with Gasteiger partial charge in [-0.2, -0.15) is 0 Å². The van der Waals surface area contributed by atoms with E-state index in [1.54, 1.807) is 0 Å². The van der Waals surface area contributed by atoms with Gasteiger partial charge in [0.2, 0.25) is 5.91 Å². The van der Waals surface area contributed by atoms with Gasteiger partial charge in [-0.25, -0.2) is 0 Å². The van der Waals surface area contributed by atoms with Gasteiger partial charge in [-0.05, 0) is 11.2 Å². The fourth-order valence-electron chi connectivity index (χ4n) is 3.57.